The minimum atomic E-state index is -4.00. The van der Waals surface area contributed by atoms with Gasteiger partial charge in [0.15, 0.2) is 5.65 Å². The fourth-order valence-corrected chi connectivity index (χ4v) is 11.7. The Hall–Kier alpha value is -7.19. The average Bonchev–Trinajstić information content (AvgIpc) is 3.91. The summed E-state index contributed by atoms with van der Waals surface area (Å²) in [5.74, 6) is 0.105. The van der Waals surface area contributed by atoms with Gasteiger partial charge in [0.25, 0.3) is 10.0 Å². The highest BCUT2D eigenvalue weighted by atomic mass is 127. The number of rotatable bonds is 12. The molecule has 0 aliphatic heterocycles. The van der Waals surface area contributed by atoms with E-state index < -0.39 is 30.3 Å². The minimum absolute atomic E-state index is 0.0669. The van der Waals surface area contributed by atoms with Gasteiger partial charge in [-0.05, 0) is 157 Å². The van der Waals surface area contributed by atoms with Crippen molar-refractivity contribution in [3.05, 3.63) is 220 Å². The van der Waals surface area contributed by atoms with Crippen LogP contribution in [0.5, 0.6) is 11.5 Å². The van der Waals surface area contributed by atoms with Crippen LogP contribution in [0.1, 0.15) is 27.8 Å². The van der Waals surface area contributed by atoms with E-state index >= 15 is 0 Å². The Bertz CT molecular complexity index is 3960. The van der Waals surface area contributed by atoms with Crippen LogP contribution in [-0.4, -0.2) is 44.2 Å². The van der Waals surface area contributed by atoms with Crippen molar-refractivity contribution in [3.63, 3.8) is 0 Å². The van der Waals surface area contributed by atoms with E-state index in [-0.39, 0.29) is 32.0 Å². The highest BCUT2D eigenvalue weighted by molar-refractivity contribution is 14.1. The number of aromatic nitrogens is 4. The van der Waals surface area contributed by atoms with E-state index in [0.29, 0.717) is 32.2 Å². The number of hydrogen-bond acceptors (Lipinski definition) is 10. The van der Waals surface area contributed by atoms with E-state index in [1.54, 1.807) is 116 Å². The normalized spacial score (nSPS) is 11.8. The topological polar surface area (TPSA) is 167 Å². The third-order valence-electron chi connectivity index (χ3n) is 11.4. The van der Waals surface area contributed by atoms with Crippen molar-refractivity contribution in [1.82, 2.24) is 18.9 Å². The van der Waals surface area contributed by atoms with Crippen LogP contribution in [0.15, 0.2) is 197 Å². The Morgan fingerprint density at radius 2 is 1.06 bits per heavy atom. The van der Waals surface area contributed by atoms with Crippen LogP contribution in [0.3, 0.4) is 0 Å². The molecule has 0 aliphatic carbocycles. The van der Waals surface area contributed by atoms with Crippen molar-refractivity contribution in [3.8, 4) is 33.8 Å². The molecular weight excluding hydrogens is 1070 g/mol. The molecule has 0 bridgehead atoms. The van der Waals surface area contributed by atoms with Crippen LogP contribution in [0.2, 0.25) is 0 Å². The Morgan fingerprint density at radius 1 is 0.563 bits per heavy atom. The Labute approximate surface area is 424 Å². The molecule has 10 aromatic rings. The average molecular weight is 1120 g/mol. The summed E-state index contributed by atoms with van der Waals surface area (Å²) in [5, 5.41) is 1.58. The molecule has 4 heterocycles. The maximum absolute atomic E-state index is 13.6. The number of aryl methyl sites for hydroxylation is 3. The zero-order chi connectivity index (χ0) is 50.1. The minimum Gasteiger partial charge on any atom is -0.379 e. The predicted molar refractivity (Wildman–Crippen MR) is 280 cm³/mol. The van der Waals surface area contributed by atoms with E-state index in [1.807, 2.05) is 51.2 Å². The van der Waals surface area contributed by atoms with E-state index in [0.717, 1.165) is 50.0 Å². The third-order valence-corrected chi connectivity index (χ3v) is 16.5. The molecule has 0 saturated heterocycles. The highest BCUT2D eigenvalue weighted by Crippen LogP contribution is 2.33. The summed E-state index contributed by atoms with van der Waals surface area (Å²) in [6.07, 6.45) is 7.26. The Kier molecular flexibility index (Phi) is 13.7. The van der Waals surface area contributed by atoms with E-state index in [2.05, 4.69) is 37.5 Å². The first-order valence-electron chi connectivity index (χ1n) is 21.8. The molecule has 0 aliphatic rings. The molecule has 17 heteroatoms. The number of H-pyrrole nitrogens is 1. The number of halogens is 2. The van der Waals surface area contributed by atoms with Crippen molar-refractivity contribution < 1.29 is 38.0 Å². The molecule has 71 heavy (non-hydrogen) atoms. The first-order chi connectivity index (χ1) is 33.9. The van der Waals surface area contributed by atoms with Crippen molar-refractivity contribution >= 4 is 74.9 Å². The molecule has 0 spiro atoms. The smallest absolute Gasteiger partial charge is 0.339 e. The molecule has 0 radical (unpaired) electrons. The lowest BCUT2D eigenvalue weighted by atomic mass is 10.0. The number of benzene rings is 6. The number of nitrogens with one attached hydrogen (secondary N) is 1. The second kappa shape index (κ2) is 19.9. The molecule has 358 valence electrons. The molecule has 4 aromatic heterocycles. The van der Waals surface area contributed by atoms with Gasteiger partial charge >= 0.3 is 20.2 Å². The van der Waals surface area contributed by atoms with Gasteiger partial charge in [-0.3, -0.25) is 0 Å². The summed E-state index contributed by atoms with van der Waals surface area (Å²) in [6, 6.07) is 43.5. The van der Waals surface area contributed by atoms with E-state index in [9.17, 15) is 29.6 Å². The van der Waals surface area contributed by atoms with Gasteiger partial charge in [-0.1, -0.05) is 89.5 Å². The number of nitrogens with zero attached hydrogens (tertiary/aromatic N) is 3. The van der Waals surface area contributed by atoms with Gasteiger partial charge in [-0.15, -0.1) is 0 Å². The second-order valence-electron chi connectivity index (χ2n) is 16.7. The van der Waals surface area contributed by atoms with Gasteiger partial charge in [-0.25, -0.2) is 26.7 Å². The second-order valence-corrected chi connectivity index (χ2v) is 22.8. The molecule has 1 N–H and O–H groups in total. The lowest BCUT2D eigenvalue weighted by Crippen LogP contribution is -2.12. The third kappa shape index (κ3) is 10.9. The maximum Gasteiger partial charge on any atom is 0.339 e. The van der Waals surface area contributed by atoms with E-state index in [1.165, 1.54) is 40.4 Å². The van der Waals surface area contributed by atoms with Gasteiger partial charge in [0.05, 0.1) is 4.90 Å². The van der Waals surface area contributed by atoms with Crippen LogP contribution in [-0.2, 0) is 36.7 Å². The van der Waals surface area contributed by atoms with E-state index in [4.69, 9.17) is 8.37 Å². The zero-order valence-corrected chi connectivity index (χ0v) is 42.7. The molecule has 12 nitrogen and oxygen atoms in total. The number of pyridine rings is 2. The molecule has 10 rings (SSSR count). The fraction of sp³-hybridized carbons (Fsp3) is 0.0741. The first-order valence-corrected chi connectivity index (χ1v) is 27.2. The molecule has 6 aromatic carbocycles. The Morgan fingerprint density at radius 3 is 1.59 bits per heavy atom. The lowest BCUT2D eigenvalue weighted by molar-refractivity contribution is 0.484. The Balaban J connectivity index is 0.000000176. The summed E-state index contributed by atoms with van der Waals surface area (Å²) in [6.45, 7) is 5.66. The summed E-state index contributed by atoms with van der Waals surface area (Å²) in [7, 11) is -11.8. The number of aromatic amines is 1. The maximum atomic E-state index is 13.6. The molecule has 0 fully saturated rings. The summed E-state index contributed by atoms with van der Waals surface area (Å²) in [5.41, 5.74) is 8.70. The van der Waals surface area contributed by atoms with Gasteiger partial charge < -0.3 is 13.4 Å². The molecule has 0 amide bonds. The molecule has 0 atom stereocenters. The highest BCUT2D eigenvalue weighted by Gasteiger charge is 2.23. The van der Waals surface area contributed by atoms with Crippen LogP contribution >= 0.6 is 22.6 Å². The SMILES string of the molecule is Cc1ccc(S(=O)(=O)Oc2cccc(-c3cnc4[nH]cc(Cc5cccc(F)c5)c4c3)c2)cc1.Cc1ccc(S(=O)(=O)Oc2cccc(-c3cnc4c(c3)c(I)cn4S(=O)(=O)c3ccc(C)cc3)c2)cc1. The molecule has 0 unspecified atom stereocenters. The molecular formula is C54H42FIN4O8S3. The van der Waals surface area contributed by atoms with Gasteiger partial charge in [-0.2, -0.15) is 16.8 Å². The summed E-state index contributed by atoms with van der Waals surface area (Å²) in [4.78, 5) is 12.5. The number of hydrogen-bond donors (Lipinski definition) is 1. The standard InChI is InChI=1S/C27H21FN2O3S.C27H21IN2O5S2/c1-18-8-10-25(11-9-18)34(31,32)33-24-7-3-5-20(14-24)21-15-26-22(17-30-27(26)29-16-21)12-19-4-2-6-23(28)13-19;1-18-6-10-23(11-7-18)36(31,32)30-17-26(28)25-15-21(16-29-27(25)30)20-4-3-5-22(14-20)35-37(33,34)24-12-8-19(2)9-13-24/h2-11,13-17H,12H2,1H3,(H,29,30);3-17H,1-2H3. The molecule has 0 saturated carbocycles. The van der Waals surface area contributed by atoms with Crippen LogP contribution < -0.4 is 8.37 Å². The largest absolute Gasteiger partial charge is 0.379 e. The lowest BCUT2D eigenvalue weighted by Gasteiger charge is -2.10. The fourth-order valence-electron chi connectivity index (χ4n) is 7.65. The van der Waals surface area contributed by atoms with Crippen molar-refractivity contribution in [2.24, 2.45) is 0 Å². The van der Waals surface area contributed by atoms with Crippen molar-refractivity contribution in [2.75, 3.05) is 0 Å². The quantitative estimate of drug-likeness (QED) is 0.0918. The van der Waals surface area contributed by atoms with Crippen LogP contribution in [0.4, 0.5) is 4.39 Å². The van der Waals surface area contributed by atoms with Gasteiger partial charge in [0, 0.05) is 50.3 Å². The monoisotopic (exact) mass is 1120 g/mol. The summed E-state index contributed by atoms with van der Waals surface area (Å²) < 4.78 is 104. The van der Waals surface area contributed by atoms with Crippen molar-refractivity contribution in [2.45, 2.75) is 41.9 Å². The van der Waals surface area contributed by atoms with Crippen LogP contribution in [0, 0.1) is 30.2 Å². The first kappa shape index (κ1) is 48.8. The van der Waals surface area contributed by atoms with Gasteiger partial charge in [0.2, 0.25) is 0 Å². The van der Waals surface area contributed by atoms with Crippen molar-refractivity contribution in [1.29, 1.82) is 0 Å². The predicted octanol–water partition coefficient (Wildman–Crippen LogP) is 12.0. The van der Waals surface area contributed by atoms with Gasteiger partial charge in [0.1, 0.15) is 32.8 Å². The zero-order valence-electron chi connectivity index (χ0n) is 38.1. The number of fused-ring (bicyclic) bond motifs is 2. The van der Waals surface area contributed by atoms with Crippen LogP contribution in [0.25, 0.3) is 44.3 Å². The summed E-state index contributed by atoms with van der Waals surface area (Å²) >= 11 is 2.08.